The van der Waals surface area contributed by atoms with Gasteiger partial charge in [-0.05, 0) is 23.8 Å². The molecule has 0 fully saturated rings. The summed E-state index contributed by atoms with van der Waals surface area (Å²) in [6.07, 6.45) is 1.52. The average molecular weight is 255 g/mol. The third kappa shape index (κ3) is 1.85. The van der Waals surface area contributed by atoms with Gasteiger partial charge in [0.25, 0.3) is 0 Å². The monoisotopic (exact) mass is 255 g/mol. The first kappa shape index (κ1) is 11.4. The van der Waals surface area contributed by atoms with Crippen LogP contribution in [-0.4, -0.2) is 9.97 Å². The first-order valence-electron chi connectivity index (χ1n) is 5.69. The molecule has 19 heavy (non-hydrogen) atoms. The number of anilines is 1. The largest absolute Gasteiger partial charge is 0.396 e. The van der Waals surface area contributed by atoms with Crippen molar-refractivity contribution in [1.82, 2.24) is 9.97 Å². The molecule has 0 unspecified atom stereocenters. The zero-order chi connectivity index (χ0) is 13.4. The number of halogens is 1. The van der Waals surface area contributed by atoms with Crippen LogP contribution in [0.25, 0.3) is 22.2 Å². The highest BCUT2D eigenvalue weighted by atomic mass is 19.1. The lowest BCUT2D eigenvalue weighted by Crippen LogP contribution is -2.04. The van der Waals surface area contributed by atoms with E-state index in [2.05, 4.69) is 9.97 Å². The molecule has 2 heterocycles. The van der Waals surface area contributed by atoms with Crippen molar-refractivity contribution in [2.24, 2.45) is 0 Å². The molecule has 3 N–H and O–H groups in total. The molecule has 0 amide bonds. The molecule has 3 aromatic rings. The Kier molecular flexibility index (Phi) is 2.52. The molecule has 0 atom stereocenters. The van der Waals surface area contributed by atoms with Gasteiger partial charge in [0.1, 0.15) is 5.65 Å². The first-order valence-corrected chi connectivity index (χ1v) is 5.69. The number of hydrogen-bond acceptors (Lipinski definition) is 3. The number of benzene rings is 1. The minimum absolute atomic E-state index is 0.0897. The van der Waals surface area contributed by atoms with E-state index in [1.54, 1.807) is 24.3 Å². The standard InChI is InChI=1S/C14H10FN3O/c15-13-9(2-1-3-11(13)16)8-6-7-17-14-10(8)4-5-12(19)18-14/h1-7H,16H2,(H,17,18,19). The molecule has 1 aromatic carbocycles. The quantitative estimate of drug-likeness (QED) is 0.655. The van der Waals surface area contributed by atoms with Crippen LogP contribution in [0.4, 0.5) is 10.1 Å². The normalized spacial score (nSPS) is 10.8. The second-order valence-electron chi connectivity index (χ2n) is 4.15. The third-order valence-electron chi connectivity index (χ3n) is 2.95. The number of nitrogens with two attached hydrogens (primary N) is 1. The summed E-state index contributed by atoms with van der Waals surface area (Å²) in [5.41, 5.74) is 6.88. The van der Waals surface area contributed by atoms with Crippen molar-refractivity contribution in [2.45, 2.75) is 0 Å². The van der Waals surface area contributed by atoms with Gasteiger partial charge in [-0.2, -0.15) is 0 Å². The molecular weight excluding hydrogens is 245 g/mol. The SMILES string of the molecule is Nc1cccc(-c2ccnc3[nH]c(=O)ccc23)c1F. The third-order valence-corrected chi connectivity index (χ3v) is 2.95. The summed E-state index contributed by atoms with van der Waals surface area (Å²) in [4.78, 5) is 17.9. The fraction of sp³-hybridized carbons (Fsp3) is 0. The zero-order valence-electron chi connectivity index (χ0n) is 9.85. The number of rotatable bonds is 1. The van der Waals surface area contributed by atoms with Crippen LogP contribution in [0.15, 0.2) is 47.4 Å². The summed E-state index contributed by atoms with van der Waals surface area (Å²) in [5.74, 6) is -0.471. The molecule has 5 heteroatoms. The summed E-state index contributed by atoms with van der Waals surface area (Å²) in [6, 6.07) is 9.54. The van der Waals surface area contributed by atoms with Gasteiger partial charge in [-0.3, -0.25) is 4.79 Å². The van der Waals surface area contributed by atoms with E-state index in [-0.39, 0.29) is 11.2 Å². The summed E-state index contributed by atoms with van der Waals surface area (Å²) in [6.45, 7) is 0. The van der Waals surface area contributed by atoms with Crippen LogP contribution in [0.3, 0.4) is 0 Å². The van der Waals surface area contributed by atoms with E-state index >= 15 is 0 Å². The minimum atomic E-state index is -0.471. The van der Waals surface area contributed by atoms with E-state index in [4.69, 9.17) is 5.73 Å². The van der Waals surface area contributed by atoms with E-state index < -0.39 is 5.82 Å². The van der Waals surface area contributed by atoms with Crippen LogP contribution in [0, 0.1) is 5.82 Å². The number of fused-ring (bicyclic) bond motifs is 1. The molecular formula is C14H10FN3O. The maximum absolute atomic E-state index is 14.1. The topological polar surface area (TPSA) is 71.8 Å². The van der Waals surface area contributed by atoms with Crippen molar-refractivity contribution in [3.05, 3.63) is 58.8 Å². The van der Waals surface area contributed by atoms with Gasteiger partial charge >= 0.3 is 0 Å². The number of aromatic nitrogens is 2. The van der Waals surface area contributed by atoms with Crippen molar-refractivity contribution in [3.63, 3.8) is 0 Å². The van der Waals surface area contributed by atoms with Gasteiger partial charge in [0.2, 0.25) is 5.56 Å². The molecule has 0 bridgehead atoms. The van der Waals surface area contributed by atoms with Crippen molar-refractivity contribution in [1.29, 1.82) is 0 Å². The Morgan fingerprint density at radius 2 is 1.95 bits per heavy atom. The molecule has 0 aliphatic heterocycles. The summed E-state index contributed by atoms with van der Waals surface area (Å²) in [5, 5.41) is 0.673. The Morgan fingerprint density at radius 3 is 2.79 bits per heavy atom. The van der Waals surface area contributed by atoms with Crippen molar-refractivity contribution < 1.29 is 4.39 Å². The van der Waals surface area contributed by atoms with Crippen LogP contribution in [0.1, 0.15) is 0 Å². The van der Waals surface area contributed by atoms with E-state index in [1.165, 1.54) is 18.3 Å². The second-order valence-corrected chi connectivity index (χ2v) is 4.15. The zero-order valence-corrected chi connectivity index (χ0v) is 9.85. The lowest BCUT2D eigenvalue weighted by atomic mass is 10.0. The molecule has 0 spiro atoms. The van der Waals surface area contributed by atoms with Gasteiger partial charge in [0.15, 0.2) is 5.82 Å². The van der Waals surface area contributed by atoms with Crippen molar-refractivity contribution >= 4 is 16.7 Å². The second kappa shape index (κ2) is 4.20. The van der Waals surface area contributed by atoms with Crippen LogP contribution in [-0.2, 0) is 0 Å². The lowest BCUT2D eigenvalue weighted by Gasteiger charge is -2.08. The molecule has 0 saturated carbocycles. The van der Waals surface area contributed by atoms with Crippen LogP contribution in [0.2, 0.25) is 0 Å². The van der Waals surface area contributed by atoms with Crippen LogP contribution in [0.5, 0.6) is 0 Å². The van der Waals surface area contributed by atoms with E-state index in [9.17, 15) is 9.18 Å². The van der Waals surface area contributed by atoms with Gasteiger partial charge in [-0.25, -0.2) is 9.37 Å². The van der Waals surface area contributed by atoms with Gasteiger partial charge in [-0.1, -0.05) is 12.1 Å². The smallest absolute Gasteiger partial charge is 0.249 e. The minimum Gasteiger partial charge on any atom is -0.396 e. The number of nitrogen functional groups attached to an aromatic ring is 1. The predicted molar refractivity (Wildman–Crippen MR) is 72.2 cm³/mol. The van der Waals surface area contributed by atoms with Gasteiger partial charge in [0.05, 0.1) is 5.69 Å². The fourth-order valence-corrected chi connectivity index (χ4v) is 2.05. The lowest BCUT2D eigenvalue weighted by molar-refractivity contribution is 0.636. The molecule has 3 rings (SSSR count). The highest BCUT2D eigenvalue weighted by Crippen LogP contribution is 2.30. The van der Waals surface area contributed by atoms with Crippen LogP contribution >= 0.6 is 0 Å². The number of pyridine rings is 2. The Labute approximate surface area is 107 Å². The highest BCUT2D eigenvalue weighted by molar-refractivity contribution is 5.92. The maximum atomic E-state index is 14.1. The summed E-state index contributed by atoms with van der Waals surface area (Å²) < 4.78 is 14.1. The van der Waals surface area contributed by atoms with Gasteiger partial charge < -0.3 is 10.7 Å². The molecule has 0 aliphatic carbocycles. The molecule has 94 valence electrons. The van der Waals surface area contributed by atoms with Gasteiger partial charge in [-0.15, -0.1) is 0 Å². The van der Waals surface area contributed by atoms with E-state index in [0.717, 1.165) is 0 Å². The van der Waals surface area contributed by atoms with E-state index in [1.807, 2.05) is 0 Å². The number of hydrogen-bond donors (Lipinski definition) is 2. The number of nitrogens with one attached hydrogen (secondary N) is 1. The Balaban J connectivity index is 2.37. The number of aromatic amines is 1. The fourth-order valence-electron chi connectivity index (χ4n) is 2.05. The van der Waals surface area contributed by atoms with Gasteiger partial charge in [0, 0.05) is 23.2 Å². The number of nitrogens with zero attached hydrogens (tertiary/aromatic N) is 1. The number of H-pyrrole nitrogens is 1. The molecule has 0 aliphatic rings. The molecule has 2 aromatic heterocycles. The average Bonchev–Trinajstić information content (AvgIpc) is 2.41. The molecule has 0 radical (unpaired) electrons. The van der Waals surface area contributed by atoms with E-state index in [0.29, 0.717) is 22.2 Å². The summed E-state index contributed by atoms with van der Waals surface area (Å²) >= 11 is 0. The molecule has 4 nitrogen and oxygen atoms in total. The van der Waals surface area contributed by atoms with Crippen LogP contribution < -0.4 is 11.3 Å². The Hall–Kier alpha value is -2.69. The maximum Gasteiger partial charge on any atom is 0.249 e. The van der Waals surface area contributed by atoms with Crippen molar-refractivity contribution in [3.8, 4) is 11.1 Å². The van der Waals surface area contributed by atoms with Crippen molar-refractivity contribution in [2.75, 3.05) is 5.73 Å². The predicted octanol–water partition coefficient (Wildman–Crippen LogP) is 2.31. The highest BCUT2D eigenvalue weighted by Gasteiger charge is 2.11. The molecule has 0 saturated heterocycles. The summed E-state index contributed by atoms with van der Waals surface area (Å²) in [7, 11) is 0. The Bertz CT molecular complexity index is 826. The first-order chi connectivity index (χ1) is 9.16. The Morgan fingerprint density at radius 1 is 1.11 bits per heavy atom.